The summed E-state index contributed by atoms with van der Waals surface area (Å²) in [6.45, 7) is 4.41. The van der Waals surface area contributed by atoms with E-state index in [1.807, 2.05) is 19.1 Å². The number of amides is 1. The fourth-order valence-corrected chi connectivity index (χ4v) is 3.15. The molecule has 1 aromatic carbocycles. The van der Waals surface area contributed by atoms with Gasteiger partial charge in [-0.15, -0.1) is 0 Å². The summed E-state index contributed by atoms with van der Waals surface area (Å²) in [5.41, 5.74) is 2.38. The first-order valence-corrected chi connectivity index (χ1v) is 7.46. The molecule has 2 N–H and O–H groups in total. The van der Waals surface area contributed by atoms with Gasteiger partial charge in [0, 0.05) is 19.7 Å². The maximum absolute atomic E-state index is 12.5. The third-order valence-corrected chi connectivity index (χ3v) is 4.30. The summed E-state index contributed by atoms with van der Waals surface area (Å²) in [7, 11) is 0. The number of ether oxygens (including phenoxy) is 1. The van der Waals surface area contributed by atoms with Gasteiger partial charge in [-0.1, -0.05) is 24.3 Å². The van der Waals surface area contributed by atoms with Crippen molar-refractivity contribution in [2.24, 2.45) is 0 Å². The molecule has 2 heterocycles. The van der Waals surface area contributed by atoms with Crippen molar-refractivity contribution in [2.45, 2.75) is 44.4 Å². The summed E-state index contributed by atoms with van der Waals surface area (Å²) in [5, 5.41) is 6.45. The van der Waals surface area contributed by atoms with Gasteiger partial charge in [0.05, 0.1) is 18.1 Å². The lowest BCUT2D eigenvalue weighted by molar-refractivity contribution is -0.124. The van der Waals surface area contributed by atoms with Gasteiger partial charge in [-0.3, -0.25) is 4.79 Å². The number of benzene rings is 1. The molecule has 4 nitrogen and oxygen atoms in total. The van der Waals surface area contributed by atoms with Crippen LogP contribution in [0.25, 0.3) is 0 Å². The van der Waals surface area contributed by atoms with Crippen LogP contribution in [0.15, 0.2) is 24.3 Å². The van der Waals surface area contributed by atoms with E-state index in [9.17, 15) is 4.79 Å². The Kier molecular flexibility index (Phi) is 4.03. The Bertz CT molecular complexity index is 483. The number of rotatable bonds is 3. The third kappa shape index (κ3) is 2.72. The van der Waals surface area contributed by atoms with Crippen LogP contribution in [0.5, 0.6) is 0 Å². The largest absolute Gasteiger partial charge is 0.376 e. The van der Waals surface area contributed by atoms with Crippen molar-refractivity contribution in [2.75, 3.05) is 13.2 Å². The van der Waals surface area contributed by atoms with Crippen molar-refractivity contribution in [3.8, 4) is 0 Å². The van der Waals surface area contributed by atoms with E-state index in [-0.39, 0.29) is 24.0 Å². The van der Waals surface area contributed by atoms with Crippen LogP contribution in [0.2, 0.25) is 0 Å². The van der Waals surface area contributed by atoms with Gasteiger partial charge in [0.2, 0.25) is 5.91 Å². The minimum Gasteiger partial charge on any atom is -0.376 e. The van der Waals surface area contributed by atoms with Gasteiger partial charge < -0.3 is 15.4 Å². The fraction of sp³-hybridized carbons (Fsp3) is 0.562. The highest BCUT2D eigenvalue weighted by atomic mass is 16.5. The van der Waals surface area contributed by atoms with Crippen LogP contribution >= 0.6 is 0 Å². The van der Waals surface area contributed by atoms with E-state index in [4.69, 9.17) is 4.74 Å². The number of carbonyl (C=O) groups is 1. The Labute approximate surface area is 119 Å². The summed E-state index contributed by atoms with van der Waals surface area (Å²) < 4.78 is 5.64. The molecule has 3 atom stereocenters. The average Bonchev–Trinajstić information content (AvgIpc) is 3.01. The fourth-order valence-electron chi connectivity index (χ4n) is 3.15. The molecular formula is C16H22N2O2. The molecule has 0 aromatic heterocycles. The van der Waals surface area contributed by atoms with Gasteiger partial charge in [-0.2, -0.15) is 0 Å². The Balaban J connectivity index is 1.68. The molecule has 108 valence electrons. The molecule has 2 aliphatic heterocycles. The van der Waals surface area contributed by atoms with Gasteiger partial charge in [-0.25, -0.2) is 0 Å². The van der Waals surface area contributed by atoms with E-state index in [1.54, 1.807) is 0 Å². The molecule has 3 unspecified atom stereocenters. The molecule has 0 radical (unpaired) electrons. The standard InChI is InChI=1S/C16H22N2O2/c1-11(15-7-4-8-20-15)18-16(19)14-10-17-9-12-5-2-3-6-13(12)14/h2-3,5-6,11,14-15,17H,4,7-10H2,1H3,(H,18,19). The van der Waals surface area contributed by atoms with Crippen molar-refractivity contribution in [3.05, 3.63) is 35.4 Å². The van der Waals surface area contributed by atoms with Gasteiger partial charge in [0.1, 0.15) is 0 Å². The molecular weight excluding hydrogens is 252 g/mol. The Morgan fingerprint density at radius 2 is 2.30 bits per heavy atom. The molecule has 1 fully saturated rings. The zero-order valence-corrected chi connectivity index (χ0v) is 11.9. The summed E-state index contributed by atoms with van der Waals surface area (Å²) >= 11 is 0. The van der Waals surface area contributed by atoms with Gasteiger partial charge in [0.25, 0.3) is 0 Å². The second-order valence-electron chi connectivity index (χ2n) is 5.73. The lowest BCUT2D eigenvalue weighted by atomic mass is 9.90. The SMILES string of the molecule is CC(NC(=O)C1CNCc2ccccc21)C1CCCO1. The topological polar surface area (TPSA) is 50.4 Å². The van der Waals surface area contributed by atoms with E-state index < -0.39 is 0 Å². The van der Waals surface area contributed by atoms with Crippen molar-refractivity contribution in [1.29, 1.82) is 0 Å². The maximum Gasteiger partial charge on any atom is 0.229 e. The second kappa shape index (κ2) is 5.94. The smallest absolute Gasteiger partial charge is 0.229 e. The molecule has 0 spiro atoms. The van der Waals surface area contributed by atoms with Crippen molar-refractivity contribution in [3.63, 3.8) is 0 Å². The molecule has 1 amide bonds. The molecule has 20 heavy (non-hydrogen) atoms. The lowest BCUT2D eigenvalue weighted by Crippen LogP contribution is -2.46. The Hall–Kier alpha value is -1.39. The van der Waals surface area contributed by atoms with Gasteiger partial charge in [-0.05, 0) is 30.9 Å². The summed E-state index contributed by atoms with van der Waals surface area (Å²) in [6, 6.07) is 8.27. The van der Waals surface area contributed by atoms with Crippen molar-refractivity contribution < 1.29 is 9.53 Å². The Morgan fingerprint density at radius 1 is 1.45 bits per heavy atom. The maximum atomic E-state index is 12.5. The summed E-state index contributed by atoms with van der Waals surface area (Å²) in [4.78, 5) is 12.5. The van der Waals surface area contributed by atoms with Crippen molar-refractivity contribution >= 4 is 5.91 Å². The predicted molar refractivity (Wildman–Crippen MR) is 77.5 cm³/mol. The molecule has 2 aliphatic rings. The first-order valence-electron chi connectivity index (χ1n) is 7.46. The van der Waals surface area contributed by atoms with E-state index in [1.165, 1.54) is 5.56 Å². The highest BCUT2D eigenvalue weighted by Crippen LogP contribution is 2.24. The molecule has 4 heteroatoms. The number of hydrogen-bond donors (Lipinski definition) is 2. The van der Waals surface area contributed by atoms with Gasteiger partial charge >= 0.3 is 0 Å². The second-order valence-corrected chi connectivity index (χ2v) is 5.73. The molecule has 1 aromatic rings. The van der Waals surface area contributed by atoms with Crippen molar-refractivity contribution in [1.82, 2.24) is 10.6 Å². The van der Waals surface area contributed by atoms with E-state index in [0.717, 1.165) is 31.6 Å². The quantitative estimate of drug-likeness (QED) is 0.879. The minimum absolute atomic E-state index is 0.0825. The average molecular weight is 274 g/mol. The lowest BCUT2D eigenvalue weighted by Gasteiger charge is -2.28. The molecule has 0 saturated carbocycles. The number of carbonyl (C=O) groups excluding carboxylic acids is 1. The van der Waals surface area contributed by atoms with Crippen LogP contribution in [0, 0.1) is 0 Å². The van der Waals surface area contributed by atoms with E-state index in [2.05, 4.69) is 22.8 Å². The predicted octanol–water partition coefficient (Wildman–Crippen LogP) is 1.56. The summed E-state index contributed by atoms with van der Waals surface area (Å²) in [5.74, 6) is 0.0106. The highest BCUT2D eigenvalue weighted by Gasteiger charge is 2.29. The van der Waals surface area contributed by atoms with Crippen LogP contribution in [-0.2, 0) is 16.1 Å². The summed E-state index contributed by atoms with van der Waals surface area (Å²) in [6.07, 6.45) is 2.31. The van der Waals surface area contributed by atoms with Crippen LogP contribution in [-0.4, -0.2) is 31.2 Å². The third-order valence-electron chi connectivity index (χ3n) is 4.30. The van der Waals surface area contributed by atoms with Crippen LogP contribution in [0.4, 0.5) is 0 Å². The molecule has 1 saturated heterocycles. The highest BCUT2D eigenvalue weighted by molar-refractivity contribution is 5.85. The van der Waals surface area contributed by atoms with Gasteiger partial charge in [0.15, 0.2) is 0 Å². The monoisotopic (exact) mass is 274 g/mol. The molecule has 3 rings (SSSR count). The first-order chi connectivity index (χ1) is 9.75. The van der Waals surface area contributed by atoms with E-state index >= 15 is 0 Å². The normalized spacial score (nSPS) is 26.9. The zero-order valence-electron chi connectivity index (χ0n) is 11.9. The molecule has 0 aliphatic carbocycles. The van der Waals surface area contributed by atoms with Crippen LogP contribution < -0.4 is 10.6 Å². The zero-order chi connectivity index (χ0) is 13.9. The Morgan fingerprint density at radius 3 is 3.10 bits per heavy atom. The van der Waals surface area contributed by atoms with E-state index in [0.29, 0.717) is 6.54 Å². The number of hydrogen-bond acceptors (Lipinski definition) is 3. The number of nitrogens with one attached hydrogen (secondary N) is 2. The first kappa shape index (κ1) is 13.6. The minimum atomic E-state index is -0.0937. The molecule has 0 bridgehead atoms. The van der Waals surface area contributed by atoms with Crippen LogP contribution in [0.1, 0.15) is 36.8 Å². The number of fused-ring (bicyclic) bond motifs is 1. The van der Waals surface area contributed by atoms with Crippen LogP contribution in [0.3, 0.4) is 0 Å².